The van der Waals surface area contributed by atoms with E-state index in [1.54, 1.807) is 6.92 Å². The van der Waals surface area contributed by atoms with Gasteiger partial charge in [-0.3, -0.25) is 9.00 Å². The summed E-state index contributed by atoms with van der Waals surface area (Å²) >= 11 is 0. The Morgan fingerprint density at radius 1 is 1.41 bits per heavy atom. The first kappa shape index (κ1) is 13.9. The summed E-state index contributed by atoms with van der Waals surface area (Å²) in [5, 5.41) is 8.35. The van der Waals surface area contributed by atoms with Crippen molar-refractivity contribution in [2.45, 2.75) is 38.2 Å². The molecule has 17 heavy (non-hydrogen) atoms. The molecule has 2 unspecified atom stereocenters. The van der Waals surface area contributed by atoms with E-state index in [2.05, 4.69) is 0 Å². The van der Waals surface area contributed by atoms with E-state index in [-0.39, 0.29) is 11.7 Å². The molecule has 1 aromatic rings. The second-order valence-electron chi connectivity index (χ2n) is 4.36. The van der Waals surface area contributed by atoms with Gasteiger partial charge in [0, 0.05) is 21.8 Å². The summed E-state index contributed by atoms with van der Waals surface area (Å²) in [4.78, 5) is 10.6. The number of aliphatic carboxylic acids is 1. The molecule has 0 fully saturated rings. The molecule has 1 aromatic carbocycles. The first-order chi connectivity index (χ1) is 7.90. The fourth-order valence-electron chi connectivity index (χ4n) is 1.59. The predicted octanol–water partition coefficient (Wildman–Crippen LogP) is 2.42. The van der Waals surface area contributed by atoms with Crippen LogP contribution in [0.1, 0.15) is 30.0 Å². The van der Waals surface area contributed by atoms with Crippen LogP contribution in [0, 0.1) is 13.8 Å². The Morgan fingerprint density at radius 3 is 2.65 bits per heavy atom. The molecule has 0 heterocycles. The Labute approximate surface area is 104 Å². The zero-order chi connectivity index (χ0) is 13.0. The monoisotopic (exact) mass is 254 g/mol. The number of carboxylic acid groups (broad SMARTS) is 1. The smallest absolute Gasteiger partial charge is 0.304 e. The Morgan fingerprint density at radius 2 is 2.06 bits per heavy atom. The van der Waals surface area contributed by atoms with E-state index in [4.69, 9.17) is 5.11 Å². The van der Waals surface area contributed by atoms with Crippen molar-refractivity contribution < 1.29 is 14.1 Å². The lowest BCUT2D eigenvalue weighted by molar-refractivity contribution is -0.136. The Kier molecular flexibility index (Phi) is 4.87. The highest BCUT2D eigenvalue weighted by atomic mass is 32.2. The zero-order valence-electron chi connectivity index (χ0n) is 10.4. The van der Waals surface area contributed by atoms with Crippen molar-refractivity contribution in [1.29, 1.82) is 0 Å². The van der Waals surface area contributed by atoms with Crippen LogP contribution in [-0.2, 0) is 21.3 Å². The normalized spacial score (nSPS) is 14.3. The summed E-state index contributed by atoms with van der Waals surface area (Å²) in [6.07, 6.45) is -0.0442. The molecule has 0 saturated heterocycles. The van der Waals surface area contributed by atoms with E-state index in [0.717, 1.165) is 16.7 Å². The second kappa shape index (κ2) is 5.96. The number of hydrogen-bond donors (Lipinski definition) is 1. The Bertz CT molecular complexity index is 440. The van der Waals surface area contributed by atoms with Crippen LogP contribution in [-0.4, -0.2) is 20.5 Å². The van der Waals surface area contributed by atoms with Gasteiger partial charge in [0.05, 0.1) is 6.42 Å². The van der Waals surface area contributed by atoms with E-state index in [9.17, 15) is 9.00 Å². The molecule has 0 aliphatic carbocycles. The van der Waals surface area contributed by atoms with Crippen LogP contribution in [0.3, 0.4) is 0 Å². The first-order valence-electron chi connectivity index (χ1n) is 5.55. The summed E-state index contributed by atoms with van der Waals surface area (Å²) in [5.41, 5.74) is 3.28. The molecule has 0 aliphatic heterocycles. The maximum atomic E-state index is 12.0. The van der Waals surface area contributed by atoms with Gasteiger partial charge in [0.25, 0.3) is 0 Å². The Balaban J connectivity index is 2.73. The van der Waals surface area contributed by atoms with Crippen molar-refractivity contribution in [2.24, 2.45) is 0 Å². The lowest BCUT2D eigenvalue weighted by Gasteiger charge is -2.11. The SMILES string of the molecule is Cc1ccc(C)c(CS(=O)C(C)CC(=O)O)c1. The third kappa shape index (κ3) is 4.30. The van der Waals surface area contributed by atoms with E-state index in [1.165, 1.54) is 0 Å². The van der Waals surface area contributed by atoms with Crippen molar-refractivity contribution in [1.82, 2.24) is 0 Å². The van der Waals surface area contributed by atoms with Gasteiger partial charge < -0.3 is 5.11 Å². The summed E-state index contributed by atoms with van der Waals surface area (Å²) in [5.74, 6) is -0.464. The van der Waals surface area contributed by atoms with Crippen LogP contribution < -0.4 is 0 Å². The highest BCUT2D eigenvalue weighted by Gasteiger charge is 2.16. The number of carbonyl (C=O) groups is 1. The zero-order valence-corrected chi connectivity index (χ0v) is 11.2. The van der Waals surface area contributed by atoms with Crippen LogP contribution in [0.15, 0.2) is 18.2 Å². The standard InChI is InChI=1S/C13H18O3S/c1-9-4-5-10(2)12(6-9)8-17(16)11(3)7-13(14)15/h4-6,11H,7-8H2,1-3H3,(H,14,15). The number of hydrogen-bond acceptors (Lipinski definition) is 2. The minimum atomic E-state index is -1.14. The topological polar surface area (TPSA) is 54.4 Å². The van der Waals surface area contributed by atoms with Gasteiger partial charge in [-0.2, -0.15) is 0 Å². The largest absolute Gasteiger partial charge is 0.481 e. The van der Waals surface area contributed by atoms with Gasteiger partial charge in [0.15, 0.2) is 0 Å². The summed E-state index contributed by atoms with van der Waals surface area (Å²) in [6.45, 7) is 5.69. The lowest BCUT2D eigenvalue weighted by Crippen LogP contribution is -2.17. The van der Waals surface area contributed by atoms with Gasteiger partial charge >= 0.3 is 5.97 Å². The highest BCUT2D eigenvalue weighted by molar-refractivity contribution is 7.84. The quantitative estimate of drug-likeness (QED) is 0.878. The van der Waals surface area contributed by atoms with Crippen LogP contribution in [0.5, 0.6) is 0 Å². The van der Waals surface area contributed by atoms with E-state index in [0.29, 0.717) is 5.75 Å². The second-order valence-corrected chi connectivity index (χ2v) is 6.22. The third-order valence-electron chi connectivity index (χ3n) is 2.71. The van der Waals surface area contributed by atoms with Gasteiger partial charge in [-0.1, -0.05) is 30.7 Å². The average molecular weight is 254 g/mol. The third-order valence-corrected chi connectivity index (χ3v) is 4.37. The van der Waals surface area contributed by atoms with Gasteiger partial charge in [-0.05, 0) is 25.0 Å². The molecule has 1 rings (SSSR count). The summed E-state index contributed by atoms with van der Waals surface area (Å²) in [6, 6.07) is 6.03. The predicted molar refractivity (Wildman–Crippen MR) is 69.5 cm³/mol. The highest BCUT2D eigenvalue weighted by Crippen LogP contribution is 2.15. The molecule has 4 heteroatoms. The van der Waals surface area contributed by atoms with Crippen molar-refractivity contribution >= 4 is 16.8 Å². The summed E-state index contributed by atoms with van der Waals surface area (Å²) < 4.78 is 12.0. The molecule has 0 radical (unpaired) electrons. The molecular weight excluding hydrogens is 236 g/mol. The van der Waals surface area contributed by atoms with Crippen molar-refractivity contribution in [3.05, 3.63) is 34.9 Å². The van der Waals surface area contributed by atoms with Crippen molar-refractivity contribution in [2.75, 3.05) is 0 Å². The number of aryl methyl sites for hydroxylation is 2. The fourth-order valence-corrected chi connectivity index (χ4v) is 2.82. The lowest BCUT2D eigenvalue weighted by atomic mass is 10.1. The van der Waals surface area contributed by atoms with Crippen molar-refractivity contribution in [3.8, 4) is 0 Å². The number of carboxylic acids is 1. The fraction of sp³-hybridized carbons (Fsp3) is 0.462. The molecule has 94 valence electrons. The molecule has 0 aliphatic rings. The molecular formula is C13H18O3S. The first-order valence-corrected chi connectivity index (χ1v) is 6.93. The van der Waals surface area contributed by atoms with Gasteiger partial charge in [-0.25, -0.2) is 0 Å². The Hall–Kier alpha value is -1.16. The van der Waals surface area contributed by atoms with Crippen LogP contribution in [0.4, 0.5) is 0 Å². The molecule has 1 N–H and O–H groups in total. The molecule has 0 amide bonds. The van der Waals surface area contributed by atoms with Gasteiger partial charge in [-0.15, -0.1) is 0 Å². The average Bonchev–Trinajstić information content (AvgIpc) is 2.22. The van der Waals surface area contributed by atoms with Gasteiger partial charge in [0.1, 0.15) is 0 Å². The number of rotatable bonds is 5. The minimum absolute atomic E-state index is 0.0442. The van der Waals surface area contributed by atoms with E-state index in [1.807, 2.05) is 32.0 Å². The van der Waals surface area contributed by atoms with Crippen LogP contribution in [0.25, 0.3) is 0 Å². The minimum Gasteiger partial charge on any atom is -0.481 e. The number of benzene rings is 1. The van der Waals surface area contributed by atoms with Crippen LogP contribution in [0.2, 0.25) is 0 Å². The molecule has 2 atom stereocenters. The maximum Gasteiger partial charge on any atom is 0.304 e. The molecule has 0 spiro atoms. The molecule has 3 nitrogen and oxygen atoms in total. The van der Waals surface area contributed by atoms with E-state index < -0.39 is 16.8 Å². The van der Waals surface area contributed by atoms with E-state index >= 15 is 0 Å². The van der Waals surface area contributed by atoms with Gasteiger partial charge in [0.2, 0.25) is 0 Å². The molecule has 0 bridgehead atoms. The van der Waals surface area contributed by atoms with Crippen molar-refractivity contribution in [3.63, 3.8) is 0 Å². The van der Waals surface area contributed by atoms with Crippen LogP contribution >= 0.6 is 0 Å². The summed E-state index contributed by atoms with van der Waals surface area (Å²) in [7, 11) is -1.14. The molecule has 0 aromatic heterocycles. The molecule has 0 saturated carbocycles. The maximum absolute atomic E-state index is 12.0.